The van der Waals surface area contributed by atoms with Crippen molar-refractivity contribution >= 4 is 23.8 Å². The summed E-state index contributed by atoms with van der Waals surface area (Å²) in [5.74, 6) is 1.70. The first-order valence-corrected chi connectivity index (χ1v) is 11.1. The Hall–Kier alpha value is -2.74. The van der Waals surface area contributed by atoms with Crippen LogP contribution in [0.3, 0.4) is 0 Å². The van der Waals surface area contributed by atoms with Crippen molar-refractivity contribution in [3.63, 3.8) is 0 Å². The van der Waals surface area contributed by atoms with Crippen LogP contribution >= 0.6 is 23.8 Å². The van der Waals surface area contributed by atoms with E-state index in [1.165, 1.54) is 0 Å². The molecule has 0 radical (unpaired) electrons. The van der Waals surface area contributed by atoms with Crippen LogP contribution in [-0.2, 0) is 6.67 Å². The quantitative estimate of drug-likeness (QED) is 0.358. The van der Waals surface area contributed by atoms with Crippen molar-refractivity contribution in [2.75, 3.05) is 6.54 Å². The zero-order valence-electron chi connectivity index (χ0n) is 17.1. The number of hydrogen-bond donors (Lipinski definition) is 0. The second-order valence-corrected chi connectivity index (χ2v) is 8.57. The van der Waals surface area contributed by atoms with Gasteiger partial charge in [-0.2, -0.15) is 0 Å². The van der Waals surface area contributed by atoms with Crippen LogP contribution in [0.1, 0.15) is 30.3 Å². The molecule has 8 heteroatoms. The number of aryl methyl sites for hydroxylation is 1. The third kappa shape index (κ3) is 3.96. The summed E-state index contributed by atoms with van der Waals surface area (Å²) in [6.45, 7) is 3.49. The summed E-state index contributed by atoms with van der Waals surface area (Å²) in [6, 6.07) is 20.0. The standard InChI is InChI=1S/C23H22ClN5OS/c1-16-14-21(30-26-16)20-8-5-13-27(20)15-28-23(31)29(19-6-3-2-4-7-19)22(25-28)17-9-11-18(24)12-10-17/h2-4,6-7,9-12,14,20H,5,8,13,15H2,1H3/t20-/m1/s1. The average Bonchev–Trinajstić information content (AvgIpc) is 3.49. The normalized spacial score (nSPS) is 16.8. The molecule has 0 amide bonds. The number of halogens is 1. The lowest BCUT2D eigenvalue weighted by molar-refractivity contribution is 0.163. The maximum Gasteiger partial charge on any atom is 0.204 e. The van der Waals surface area contributed by atoms with E-state index < -0.39 is 0 Å². The lowest BCUT2D eigenvalue weighted by Gasteiger charge is -2.21. The molecule has 1 fully saturated rings. The maximum absolute atomic E-state index is 6.11. The van der Waals surface area contributed by atoms with Crippen molar-refractivity contribution in [3.05, 3.63) is 81.9 Å². The van der Waals surface area contributed by atoms with E-state index in [0.717, 1.165) is 47.9 Å². The lowest BCUT2D eigenvalue weighted by atomic mass is 10.1. The van der Waals surface area contributed by atoms with Crippen LogP contribution < -0.4 is 0 Å². The van der Waals surface area contributed by atoms with Gasteiger partial charge in [0.25, 0.3) is 0 Å². The van der Waals surface area contributed by atoms with Gasteiger partial charge in [0.2, 0.25) is 4.77 Å². The second kappa shape index (κ2) is 8.42. The van der Waals surface area contributed by atoms with Crippen molar-refractivity contribution < 1.29 is 4.52 Å². The van der Waals surface area contributed by atoms with Gasteiger partial charge in [0.05, 0.1) is 18.4 Å². The van der Waals surface area contributed by atoms with Gasteiger partial charge in [0, 0.05) is 28.9 Å². The van der Waals surface area contributed by atoms with E-state index in [4.69, 9.17) is 33.4 Å². The Morgan fingerprint density at radius 2 is 1.90 bits per heavy atom. The van der Waals surface area contributed by atoms with Crippen molar-refractivity contribution in [1.82, 2.24) is 24.4 Å². The molecule has 1 atom stereocenters. The summed E-state index contributed by atoms with van der Waals surface area (Å²) >= 11 is 12.0. The molecule has 1 aliphatic heterocycles. The number of aromatic nitrogens is 4. The first-order valence-electron chi connectivity index (χ1n) is 10.3. The highest BCUT2D eigenvalue weighted by Gasteiger charge is 2.30. The van der Waals surface area contributed by atoms with Crippen molar-refractivity contribution in [2.24, 2.45) is 0 Å². The van der Waals surface area contributed by atoms with Gasteiger partial charge in [-0.15, -0.1) is 5.10 Å². The first kappa shape index (κ1) is 20.2. The molecule has 0 saturated carbocycles. The van der Waals surface area contributed by atoms with Crippen LogP contribution in [-0.4, -0.2) is 30.9 Å². The predicted octanol–water partition coefficient (Wildman–Crippen LogP) is 5.81. The molecule has 6 nitrogen and oxygen atoms in total. The van der Waals surface area contributed by atoms with E-state index >= 15 is 0 Å². The Morgan fingerprint density at radius 1 is 1.13 bits per heavy atom. The van der Waals surface area contributed by atoms with E-state index in [2.05, 4.69) is 10.1 Å². The van der Waals surface area contributed by atoms with Gasteiger partial charge >= 0.3 is 0 Å². The highest BCUT2D eigenvalue weighted by atomic mass is 35.5. The fourth-order valence-corrected chi connectivity index (χ4v) is 4.54. The molecule has 2 aromatic heterocycles. The Labute approximate surface area is 190 Å². The zero-order chi connectivity index (χ0) is 21.4. The first-order chi connectivity index (χ1) is 15.1. The van der Waals surface area contributed by atoms with Crippen LogP contribution in [0.4, 0.5) is 0 Å². The number of para-hydroxylation sites is 1. The number of hydrogen-bond acceptors (Lipinski definition) is 5. The summed E-state index contributed by atoms with van der Waals surface area (Å²) in [6.07, 6.45) is 2.13. The molecule has 158 valence electrons. The van der Waals surface area contributed by atoms with Gasteiger partial charge < -0.3 is 4.52 Å². The molecule has 0 aliphatic carbocycles. The van der Waals surface area contributed by atoms with Crippen LogP contribution in [0.15, 0.2) is 65.2 Å². The topological polar surface area (TPSA) is 52.0 Å². The van der Waals surface area contributed by atoms with Gasteiger partial charge in [-0.25, -0.2) is 4.68 Å². The van der Waals surface area contributed by atoms with Gasteiger partial charge in [0.15, 0.2) is 11.6 Å². The van der Waals surface area contributed by atoms with Crippen molar-refractivity contribution in [2.45, 2.75) is 32.5 Å². The smallest absolute Gasteiger partial charge is 0.204 e. The average molecular weight is 452 g/mol. The Bertz CT molecular complexity index is 1250. The van der Waals surface area contributed by atoms with Gasteiger partial charge in [-0.1, -0.05) is 35.0 Å². The van der Waals surface area contributed by atoms with E-state index in [-0.39, 0.29) is 6.04 Å². The Morgan fingerprint density at radius 3 is 2.61 bits per heavy atom. The number of likely N-dealkylation sites (tertiary alicyclic amines) is 1. The van der Waals surface area contributed by atoms with Crippen LogP contribution in [0.5, 0.6) is 0 Å². The van der Waals surface area contributed by atoms with Gasteiger partial charge in [-0.05, 0) is 68.4 Å². The molecule has 1 saturated heterocycles. The predicted molar refractivity (Wildman–Crippen MR) is 123 cm³/mol. The molecule has 31 heavy (non-hydrogen) atoms. The van der Waals surface area contributed by atoms with Crippen molar-refractivity contribution in [3.8, 4) is 17.1 Å². The molecule has 0 spiro atoms. The van der Waals surface area contributed by atoms with Crippen LogP contribution in [0.25, 0.3) is 17.1 Å². The third-order valence-corrected chi connectivity index (χ3v) is 6.26. The molecule has 0 unspecified atom stereocenters. The van der Waals surface area contributed by atoms with Crippen LogP contribution in [0.2, 0.25) is 5.02 Å². The highest BCUT2D eigenvalue weighted by molar-refractivity contribution is 7.71. The largest absolute Gasteiger partial charge is 0.359 e. The zero-order valence-corrected chi connectivity index (χ0v) is 18.7. The SMILES string of the molecule is Cc1cc([C@H]2CCCN2Cn2nc(-c3ccc(Cl)cc3)n(-c3ccccc3)c2=S)on1. The third-order valence-electron chi connectivity index (χ3n) is 5.61. The van der Waals surface area contributed by atoms with E-state index in [0.29, 0.717) is 16.5 Å². The maximum atomic E-state index is 6.11. The Kier molecular flexibility index (Phi) is 5.48. The van der Waals surface area contributed by atoms with Gasteiger partial charge in [0.1, 0.15) is 0 Å². The Balaban J connectivity index is 1.55. The minimum absolute atomic E-state index is 0.184. The molecule has 0 bridgehead atoms. The number of benzene rings is 2. The second-order valence-electron chi connectivity index (χ2n) is 7.77. The lowest BCUT2D eigenvalue weighted by Crippen LogP contribution is -2.26. The summed E-state index contributed by atoms with van der Waals surface area (Å²) in [5, 5.41) is 9.68. The molecular formula is C23H22ClN5OS. The monoisotopic (exact) mass is 451 g/mol. The summed E-state index contributed by atoms with van der Waals surface area (Å²) in [4.78, 5) is 2.35. The number of nitrogens with zero attached hydrogens (tertiary/aromatic N) is 5. The molecule has 2 aromatic carbocycles. The van der Waals surface area contributed by atoms with Crippen molar-refractivity contribution in [1.29, 1.82) is 0 Å². The minimum Gasteiger partial charge on any atom is -0.359 e. The molecule has 4 aromatic rings. The molecule has 1 aliphatic rings. The van der Waals surface area contributed by atoms with E-state index in [9.17, 15) is 0 Å². The summed E-state index contributed by atoms with van der Waals surface area (Å²) in [5.41, 5.74) is 2.84. The number of rotatable bonds is 5. The fraction of sp³-hybridized carbons (Fsp3) is 0.261. The highest BCUT2D eigenvalue weighted by Crippen LogP contribution is 2.33. The van der Waals surface area contributed by atoms with E-state index in [1.807, 2.05) is 76.8 Å². The molecular weight excluding hydrogens is 430 g/mol. The minimum atomic E-state index is 0.184. The molecule has 0 N–H and O–H groups in total. The fourth-order valence-electron chi connectivity index (χ4n) is 4.13. The van der Waals surface area contributed by atoms with Gasteiger partial charge in [-0.3, -0.25) is 9.47 Å². The molecule has 3 heterocycles. The van der Waals surface area contributed by atoms with E-state index in [1.54, 1.807) is 0 Å². The summed E-state index contributed by atoms with van der Waals surface area (Å²) < 4.78 is 10.1. The molecule has 5 rings (SSSR count). The summed E-state index contributed by atoms with van der Waals surface area (Å²) in [7, 11) is 0. The van der Waals surface area contributed by atoms with Crippen LogP contribution in [0, 0.1) is 11.7 Å².